The van der Waals surface area contributed by atoms with Gasteiger partial charge in [-0.3, -0.25) is 0 Å². The van der Waals surface area contributed by atoms with E-state index in [1.807, 2.05) is 6.92 Å². The maximum absolute atomic E-state index is 12.8. The minimum absolute atomic E-state index is 0.103. The van der Waals surface area contributed by atoms with Gasteiger partial charge < -0.3 is 18.1 Å². The standard InChI is InChI=1S/C21H25F3O7SSi/c1-15(31-33-4)8-6-5-7-9-19(30-32(26,27)21(22,23)24)16(2)20(25)29-14-17-10-12-18(28-3)13-11-17/h5-7,9-13,15,33H,4,8,14H2,1-3H3/b6-5+,9-7+,19-16-. The average Bonchev–Trinajstić information content (AvgIpc) is 2.75. The van der Waals surface area contributed by atoms with Crippen LogP contribution in [0.2, 0.25) is 0 Å². The molecule has 0 heterocycles. The van der Waals surface area contributed by atoms with Crippen LogP contribution >= 0.6 is 0 Å². The fourth-order valence-electron chi connectivity index (χ4n) is 2.17. The molecule has 0 saturated heterocycles. The summed E-state index contributed by atoms with van der Waals surface area (Å²) < 4.78 is 80.8. The maximum atomic E-state index is 12.8. The molecule has 1 aromatic carbocycles. The Morgan fingerprint density at radius 2 is 1.85 bits per heavy atom. The predicted molar refractivity (Wildman–Crippen MR) is 119 cm³/mol. The zero-order valence-electron chi connectivity index (χ0n) is 18.3. The van der Waals surface area contributed by atoms with E-state index >= 15 is 0 Å². The van der Waals surface area contributed by atoms with E-state index < -0.39 is 32.9 Å². The van der Waals surface area contributed by atoms with Crippen molar-refractivity contribution < 1.29 is 44.5 Å². The van der Waals surface area contributed by atoms with Gasteiger partial charge in [-0.1, -0.05) is 36.5 Å². The Bertz CT molecular complexity index is 998. The summed E-state index contributed by atoms with van der Waals surface area (Å²) in [5.74, 6) is -1.28. The lowest BCUT2D eigenvalue weighted by Crippen LogP contribution is -2.26. The number of rotatable bonds is 12. The summed E-state index contributed by atoms with van der Waals surface area (Å²) >= 11 is 0. The Balaban J connectivity index is 3.04. The molecule has 1 rings (SSSR count). The van der Waals surface area contributed by atoms with Crippen molar-refractivity contribution in [2.24, 2.45) is 0 Å². The second-order valence-electron chi connectivity index (χ2n) is 6.53. The minimum atomic E-state index is -5.99. The molecular formula is C21H25F3O7SSi. The molecule has 0 fully saturated rings. The highest BCUT2D eigenvalue weighted by molar-refractivity contribution is 7.87. The Morgan fingerprint density at radius 1 is 1.21 bits per heavy atom. The van der Waals surface area contributed by atoms with Crippen molar-refractivity contribution in [3.8, 4) is 5.75 Å². The van der Waals surface area contributed by atoms with Crippen molar-refractivity contribution in [1.29, 1.82) is 0 Å². The molecular weight excluding hydrogens is 481 g/mol. The molecule has 0 saturated carbocycles. The second kappa shape index (κ2) is 13.0. The molecule has 182 valence electrons. The van der Waals surface area contributed by atoms with Gasteiger partial charge in [0, 0.05) is 6.42 Å². The lowest BCUT2D eigenvalue weighted by atomic mass is 10.2. The zero-order chi connectivity index (χ0) is 25.1. The third-order valence-corrected chi connectivity index (χ3v) is 5.60. The topological polar surface area (TPSA) is 88.1 Å². The Labute approximate surface area is 193 Å². The van der Waals surface area contributed by atoms with Crippen LogP contribution in [0.4, 0.5) is 13.2 Å². The van der Waals surface area contributed by atoms with Crippen LogP contribution in [0.15, 0.2) is 59.9 Å². The number of carbonyl (C=O) groups excluding carboxylic acids is 1. The summed E-state index contributed by atoms with van der Waals surface area (Å²) in [5, 5.41) is 0. The zero-order valence-corrected chi connectivity index (χ0v) is 20.3. The smallest absolute Gasteiger partial charge is 0.534 e. The van der Waals surface area contributed by atoms with Crippen LogP contribution in [0.5, 0.6) is 5.75 Å². The number of esters is 1. The van der Waals surface area contributed by atoms with Gasteiger partial charge in [-0.05, 0) is 37.6 Å². The number of ether oxygens (including phenoxy) is 2. The van der Waals surface area contributed by atoms with Gasteiger partial charge in [-0.25, -0.2) is 4.79 Å². The number of halogens is 3. The molecule has 0 amide bonds. The first-order valence-electron chi connectivity index (χ1n) is 9.52. The highest BCUT2D eigenvalue weighted by atomic mass is 32.2. The van der Waals surface area contributed by atoms with E-state index in [-0.39, 0.29) is 22.1 Å². The number of hydrogen-bond donors (Lipinski definition) is 0. The van der Waals surface area contributed by atoms with Gasteiger partial charge in [0.1, 0.15) is 12.4 Å². The maximum Gasteiger partial charge on any atom is 0.534 e. The molecule has 0 radical (unpaired) electrons. The number of carbonyl (C=O) groups is 1. The highest BCUT2D eigenvalue weighted by Gasteiger charge is 2.49. The van der Waals surface area contributed by atoms with Crippen LogP contribution in [0.3, 0.4) is 0 Å². The van der Waals surface area contributed by atoms with E-state index in [9.17, 15) is 26.4 Å². The van der Waals surface area contributed by atoms with Crippen LogP contribution in [0.1, 0.15) is 25.8 Å². The van der Waals surface area contributed by atoms with Crippen LogP contribution in [-0.4, -0.2) is 48.7 Å². The SMILES string of the molecule is C=[SiH]OC(C)C/C=C/C=C/C(OS(=O)(=O)C(F)(F)F)=C(\C)C(=O)OCc1ccc(OC)cc1. The van der Waals surface area contributed by atoms with Crippen molar-refractivity contribution in [1.82, 2.24) is 0 Å². The van der Waals surface area contributed by atoms with E-state index in [1.165, 1.54) is 19.3 Å². The molecule has 7 nitrogen and oxygen atoms in total. The summed E-state index contributed by atoms with van der Waals surface area (Å²) in [4.78, 5) is 12.3. The van der Waals surface area contributed by atoms with Crippen LogP contribution in [-0.2, 0) is 34.9 Å². The van der Waals surface area contributed by atoms with E-state index in [4.69, 9.17) is 13.9 Å². The molecule has 0 aliphatic heterocycles. The molecule has 0 aromatic heterocycles. The van der Waals surface area contributed by atoms with Gasteiger partial charge in [0.2, 0.25) is 9.38 Å². The van der Waals surface area contributed by atoms with Crippen molar-refractivity contribution in [2.45, 2.75) is 38.5 Å². The summed E-state index contributed by atoms with van der Waals surface area (Å²) in [7, 11) is -4.89. The van der Waals surface area contributed by atoms with Crippen LogP contribution in [0.25, 0.3) is 0 Å². The van der Waals surface area contributed by atoms with E-state index in [0.717, 1.165) is 13.0 Å². The number of benzene rings is 1. The summed E-state index contributed by atoms with van der Waals surface area (Å²) in [6.45, 7) is 2.72. The van der Waals surface area contributed by atoms with Crippen molar-refractivity contribution in [3.63, 3.8) is 0 Å². The van der Waals surface area contributed by atoms with Gasteiger partial charge >= 0.3 is 21.6 Å². The minimum Gasteiger partial charge on any atom is -0.551 e. The Kier molecular flexibility index (Phi) is 11.1. The lowest BCUT2D eigenvalue weighted by Gasteiger charge is -2.13. The van der Waals surface area contributed by atoms with Crippen molar-refractivity contribution in [2.75, 3.05) is 7.11 Å². The first-order chi connectivity index (χ1) is 15.4. The highest BCUT2D eigenvalue weighted by Crippen LogP contribution is 2.28. The largest absolute Gasteiger partial charge is 0.551 e. The average molecular weight is 507 g/mol. The van der Waals surface area contributed by atoms with Crippen molar-refractivity contribution >= 4 is 31.6 Å². The molecule has 0 aliphatic rings. The molecule has 0 aliphatic carbocycles. The monoisotopic (exact) mass is 506 g/mol. The fraction of sp³-hybridized carbons (Fsp3) is 0.333. The molecule has 1 aromatic rings. The first-order valence-corrected chi connectivity index (χ1v) is 12.2. The molecule has 0 N–H and O–H groups in total. The van der Waals surface area contributed by atoms with Gasteiger partial charge in [0.05, 0.1) is 18.8 Å². The molecule has 12 heteroatoms. The number of methoxy groups -OCH3 is 1. The molecule has 1 atom stereocenters. The van der Waals surface area contributed by atoms with Gasteiger partial charge in [0.25, 0.3) is 0 Å². The van der Waals surface area contributed by atoms with Gasteiger partial charge in [0.15, 0.2) is 5.76 Å². The molecule has 0 spiro atoms. The van der Waals surface area contributed by atoms with Crippen LogP contribution < -0.4 is 4.74 Å². The number of allylic oxidation sites excluding steroid dienone is 3. The van der Waals surface area contributed by atoms with E-state index in [2.05, 4.69) is 10.4 Å². The van der Waals surface area contributed by atoms with Gasteiger partial charge in [-0.2, -0.15) is 21.6 Å². The molecule has 33 heavy (non-hydrogen) atoms. The molecule has 0 bridgehead atoms. The normalized spacial score (nSPS) is 14.0. The third kappa shape index (κ3) is 9.66. The third-order valence-electron chi connectivity index (χ3n) is 3.98. The molecule has 1 unspecified atom stereocenters. The second-order valence-corrected chi connectivity index (χ2v) is 8.68. The van der Waals surface area contributed by atoms with Crippen LogP contribution in [0, 0.1) is 0 Å². The Hall–Kier alpha value is -2.86. The first kappa shape index (κ1) is 28.2. The van der Waals surface area contributed by atoms with Crippen molar-refractivity contribution in [3.05, 3.63) is 65.5 Å². The fourth-order valence-corrected chi connectivity index (χ4v) is 3.12. The quantitative estimate of drug-likeness (QED) is 0.0815. The Morgan fingerprint density at radius 3 is 2.39 bits per heavy atom. The van der Waals surface area contributed by atoms with E-state index in [1.54, 1.807) is 30.3 Å². The summed E-state index contributed by atoms with van der Waals surface area (Å²) in [5.41, 5.74) is -5.54. The lowest BCUT2D eigenvalue weighted by molar-refractivity contribution is -0.140. The van der Waals surface area contributed by atoms with Gasteiger partial charge in [-0.15, -0.1) is 0 Å². The van der Waals surface area contributed by atoms with E-state index in [0.29, 0.717) is 17.7 Å². The number of alkyl halides is 3. The number of hydrogen-bond acceptors (Lipinski definition) is 7. The summed E-state index contributed by atoms with van der Waals surface area (Å²) in [6, 6.07) is 6.52. The summed E-state index contributed by atoms with van der Waals surface area (Å²) in [6.07, 6.45) is 9.31. The predicted octanol–water partition coefficient (Wildman–Crippen LogP) is 3.57.